The summed E-state index contributed by atoms with van der Waals surface area (Å²) in [5.41, 5.74) is 9.64. The second kappa shape index (κ2) is 8.96. The summed E-state index contributed by atoms with van der Waals surface area (Å²) in [7, 11) is 0. The van der Waals surface area contributed by atoms with Crippen molar-refractivity contribution in [3.8, 4) is 0 Å². The molecule has 31 heavy (non-hydrogen) atoms. The largest absolute Gasteiger partial charge is 0.298 e. The molecule has 1 fully saturated rings. The number of benzene rings is 1. The first-order chi connectivity index (χ1) is 15.2. The number of piperidine rings is 1. The maximum Gasteiger partial charge on any atom is 0.0780 e. The molecule has 0 bridgehead atoms. The van der Waals surface area contributed by atoms with Crippen LogP contribution in [0.3, 0.4) is 0 Å². The zero-order valence-corrected chi connectivity index (χ0v) is 18.7. The van der Waals surface area contributed by atoms with Crippen molar-refractivity contribution < 1.29 is 0 Å². The highest BCUT2D eigenvalue weighted by molar-refractivity contribution is 6.30. The van der Waals surface area contributed by atoms with Gasteiger partial charge in [0.15, 0.2) is 0 Å². The Morgan fingerprint density at radius 1 is 0.935 bits per heavy atom. The Morgan fingerprint density at radius 3 is 2.58 bits per heavy atom. The summed E-state index contributed by atoms with van der Waals surface area (Å²) in [4.78, 5) is 11.6. The maximum atomic E-state index is 6.31. The van der Waals surface area contributed by atoms with E-state index in [0.29, 0.717) is 5.88 Å². The van der Waals surface area contributed by atoms with Crippen molar-refractivity contribution in [2.24, 2.45) is 0 Å². The molecule has 0 N–H and O–H groups in total. The van der Waals surface area contributed by atoms with E-state index in [1.165, 1.54) is 22.3 Å². The SMILES string of the molecule is ClCc1cncc(CN2CCC(=C3c4ccc(Cl)cc4C=Cc4cccnc43)CC2)c1. The van der Waals surface area contributed by atoms with Gasteiger partial charge >= 0.3 is 0 Å². The van der Waals surface area contributed by atoms with E-state index in [0.717, 1.165) is 59.9 Å². The molecule has 0 unspecified atom stereocenters. The molecule has 0 atom stereocenters. The number of aromatic nitrogens is 2. The zero-order valence-electron chi connectivity index (χ0n) is 17.2. The highest BCUT2D eigenvalue weighted by Gasteiger charge is 2.23. The molecule has 1 aromatic carbocycles. The molecule has 1 saturated heterocycles. The Bertz CT molecular complexity index is 1170. The summed E-state index contributed by atoms with van der Waals surface area (Å²) in [5, 5.41) is 0.759. The average molecular weight is 448 g/mol. The Morgan fingerprint density at radius 2 is 1.74 bits per heavy atom. The predicted molar refractivity (Wildman–Crippen MR) is 129 cm³/mol. The minimum absolute atomic E-state index is 0.501. The molecule has 0 spiro atoms. The first-order valence-corrected chi connectivity index (χ1v) is 11.5. The van der Waals surface area contributed by atoms with Gasteiger partial charge in [0.1, 0.15) is 0 Å². The number of fused-ring (bicyclic) bond motifs is 2. The van der Waals surface area contributed by atoms with Crippen LogP contribution in [0.1, 0.15) is 46.4 Å². The fourth-order valence-corrected chi connectivity index (χ4v) is 4.84. The standard InChI is InChI=1S/C26H23Cl2N3/c27-14-18-12-19(16-29-15-18)17-31-10-7-20(8-11-31)25-24-6-5-23(28)13-22(24)4-3-21-2-1-9-30-26(21)25/h1-6,9,12-13,15-16H,7-8,10-11,14,17H2. The minimum atomic E-state index is 0.501. The van der Waals surface area contributed by atoms with E-state index < -0.39 is 0 Å². The number of hydrogen-bond acceptors (Lipinski definition) is 3. The number of nitrogens with zero attached hydrogens (tertiary/aromatic N) is 3. The van der Waals surface area contributed by atoms with Gasteiger partial charge in [0.2, 0.25) is 0 Å². The van der Waals surface area contributed by atoms with Crippen LogP contribution >= 0.6 is 23.2 Å². The van der Waals surface area contributed by atoms with Crippen molar-refractivity contribution in [1.29, 1.82) is 0 Å². The lowest BCUT2D eigenvalue weighted by Crippen LogP contribution is -2.30. The van der Waals surface area contributed by atoms with Crippen LogP contribution in [-0.2, 0) is 12.4 Å². The average Bonchev–Trinajstić information content (AvgIpc) is 2.96. The minimum Gasteiger partial charge on any atom is -0.298 e. The highest BCUT2D eigenvalue weighted by atomic mass is 35.5. The van der Waals surface area contributed by atoms with Crippen LogP contribution in [0.25, 0.3) is 17.7 Å². The van der Waals surface area contributed by atoms with Gasteiger partial charge in [-0.25, -0.2) is 0 Å². The number of pyridine rings is 2. The first kappa shape index (κ1) is 20.4. The molecule has 5 heteroatoms. The molecule has 0 saturated carbocycles. The monoisotopic (exact) mass is 447 g/mol. The van der Waals surface area contributed by atoms with Crippen molar-refractivity contribution in [2.75, 3.05) is 13.1 Å². The lowest BCUT2D eigenvalue weighted by molar-refractivity contribution is 0.248. The molecule has 0 amide bonds. The third-order valence-electron chi connectivity index (χ3n) is 6.03. The normalized spacial score (nSPS) is 16.1. The Labute approximate surface area is 193 Å². The van der Waals surface area contributed by atoms with Gasteiger partial charge in [-0.05, 0) is 53.3 Å². The van der Waals surface area contributed by atoms with E-state index in [2.05, 4.69) is 40.2 Å². The van der Waals surface area contributed by atoms with Crippen molar-refractivity contribution >= 4 is 40.9 Å². The van der Waals surface area contributed by atoms with Crippen LogP contribution in [0.5, 0.6) is 0 Å². The van der Waals surface area contributed by atoms with Gasteiger partial charge in [0, 0.05) is 60.3 Å². The van der Waals surface area contributed by atoms with Gasteiger partial charge in [-0.15, -0.1) is 11.6 Å². The van der Waals surface area contributed by atoms with E-state index in [-0.39, 0.29) is 0 Å². The van der Waals surface area contributed by atoms with E-state index in [9.17, 15) is 0 Å². The summed E-state index contributed by atoms with van der Waals surface area (Å²) in [6, 6.07) is 12.5. The summed E-state index contributed by atoms with van der Waals surface area (Å²) in [6.07, 6.45) is 12.0. The van der Waals surface area contributed by atoms with Crippen molar-refractivity contribution in [3.63, 3.8) is 0 Å². The van der Waals surface area contributed by atoms with Crippen LogP contribution in [0.4, 0.5) is 0 Å². The third kappa shape index (κ3) is 4.31. The van der Waals surface area contributed by atoms with Gasteiger partial charge in [0.05, 0.1) is 5.69 Å². The van der Waals surface area contributed by atoms with Crippen LogP contribution in [0.15, 0.2) is 60.6 Å². The number of rotatable bonds is 3. The van der Waals surface area contributed by atoms with E-state index in [4.69, 9.17) is 28.2 Å². The Hall–Kier alpha value is -2.46. The number of hydrogen-bond donors (Lipinski definition) is 0. The molecule has 5 rings (SSSR count). The van der Waals surface area contributed by atoms with Gasteiger partial charge in [-0.2, -0.15) is 0 Å². The maximum absolute atomic E-state index is 6.31. The van der Waals surface area contributed by atoms with E-state index in [1.54, 1.807) is 0 Å². The van der Waals surface area contributed by atoms with E-state index >= 15 is 0 Å². The van der Waals surface area contributed by atoms with Gasteiger partial charge in [-0.1, -0.05) is 47.5 Å². The fourth-order valence-electron chi connectivity index (χ4n) is 4.52. The third-order valence-corrected chi connectivity index (χ3v) is 6.57. The van der Waals surface area contributed by atoms with E-state index in [1.807, 2.05) is 36.8 Å². The quantitative estimate of drug-likeness (QED) is 0.337. The fraction of sp³-hybridized carbons (Fsp3) is 0.231. The molecule has 2 aromatic heterocycles. The lowest BCUT2D eigenvalue weighted by Gasteiger charge is -2.30. The van der Waals surface area contributed by atoms with Crippen LogP contribution in [0.2, 0.25) is 5.02 Å². The lowest BCUT2D eigenvalue weighted by atomic mass is 9.88. The molecule has 1 aliphatic heterocycles. The number of likely N-dealkylation sites (tertiary alicyclic amines) is 1. The first-order valence-electron chi connectivity index (χ1n) is 10.6. The molecule has 0 radical (unpaired) electrons. The zero-order chi connectivity index (χ0) is 21.2. The van der Waals surface area contributed by atoms with Crippen molar-refractivity contribution in [2.45, 2.75) is 25.3 Å². The van der Waals surface area contributed by atoms with Crippen LogP contribution < -0.4 is 0 Å². The molecule has 156 valence electrons. The summed E-state index contributed by atoms with van der Waals surface area (Å²) in [6.45, 7) is 2.94. The Balaban J connectivity index is 1.46. The molecular weight excluding hydrogens is 425 g/mol. The second-order valence-electron chi connectivity index (χ2n) is 8.10. The van der Waals surface area contributed by atoms with Crippen LogP contribution in [0, 0.1) is 0 Å². The number of alkyl halides is 1. The smallest absolute Gasteiger partial charge is 0.0780 e. The topological polar surface area (TPSA) is 29.0 Å². The molecule has 3 aromatic rings. The Kier molecular flexibility index (Phi) is 5.91. The van der Waals surface area contributed by atoms with Crippen molar-refractivity contribution in [1.82, 2.24) is 14.9 Å². The summed E-state index contributed by atoms with van der Waals surface area (Å²) < 4.78 is 0. The molecular formula is C26H23Cl2N3. The molecule has 1 aliphatic carbocycles. The molecule has 2 aliphatic rings. The van der Waals surface area contributed by atoms with Gasteiger partial charge < -0.3 is 0 Å². The molecule has 3 heterocycles. The molecule has 3 nitrogen and oxygen atoms in total. The van der Waals surface area contributed by atoms with Gasteiger partial charge in [-0.3, -0.25) is 14.9 Å². The highest BCUT2D eigenvalue weighted by Crippen LogP contribution is 2.38. The van der Waals surface area contributed by atoms with Crippen molar-refractivity contribution in [3.05, 3.63) is 99.1 Å². The summed E-state index contributed by atoms with van der Waals surface area (Å²) >= 11 is 12.3. The summed E-state index contributed by atoms with van der Waals surface area (Å²) in [5.74, 6) is 0.501. The predicted octanol–water partition coefficient (Wildman–Crippen LogP) is 6.45. The van der Waals surface area contributed by atoms with Crippen LogP contribution in [-0.4, -0.2) is 28.0 Å². The second-order valence-corrected chi connectivity index (χ2v) is 8.80. The van der Waals surface area contributed by atoms with Gasteiger partial charge in [0.25, 0.3) is 0 Å². The number of halogens is 2.